The molecule has 0 atom stereocenters. The number of halogens is 2. The van der Waals surface area contributed by atoms with Gasteiger partial charge in [0.05, 0.1) is 30.7 Å². The molecule has 1 N–H and O–H groups in total. The Labute approximate surface area is 151 Å². The van der Waals surface area contributed by atoms with Crippen LogP contribution in [0.5, 0.6) is 0 Å². The lowest BCUT2D eigenvalue weighted by molar-refractivity contribution is 0.146. The average molecular weight is 367 g/mol. The first-order valence-corrected chi connectivity index (χ1v) is 8.10. The first-order chi connectivity index (χ1) is 12.0. The van der Waals surface area contributed by atoms with Crippen LogP contribution in [0.4, 0.5) is 9.18 Å². The molecule has 0 aliphatic heterocycles. The van der Waals surface area contributed by atoms with Gasteiger partial charge < -0.3 is 15.0 Å². The predicted molar refractivity (Wildman–Crippen MR) is 92.7 cm³/mol. The highest BCUT2D eigenvalue weighted by Gasteiger charge is 2.15. The molecule has 2 rings (SSSR count). The first kappa shape index (κ1) is 19.1. The van der Waals surface area contributed by atoms with Gasteiger partial charge in [-0.2, -0.15) is 0 Å². The maximum absolute atomic E-state index is 13.2. The van der Waals surface area contributed by atoms with Crippen LogP contribution in [0.25, 0.3) is 0 Å². The van der Waals surface area contributed by atoms with Crippen molar-refractivity contribution >= 4 is 17.6 Å². The predicted octanol–water partition coefficient (Wildman–Crippen LogP) is 2.94. The van der Waals surface area contributed by atoms with Gasteiger partial charge in [-0.3, -0.25) is 9.97 Å². The summed E-state index contributed by atoms with van der Waals surface area (Å²) in [6, 6.07) is 3.82. The lowest BCUT2D eigenvalue weighted by Crippen LogP contribution is -2.41. The highest BCUT2D eigenvalue weighted by molar-refractivity contribution is 6.31. The average Bonchev–Trinajstić information content (AvgIpc) is 2.59. The van der Waals surface area contributed by atoms with E-state index in [1.165, 1.54) is 12.1 Å². The van der Waals surface area contributed by atoms with Crippen molar-refractivity contribution in [3.05, 3.63) is 58.4 Å². The van der Waals surface area contributed by atoms with Gasteiger partial charge in [-0.15, -0.1) is 0 Å². The number of carbonyl (C=O) groups excluding carboxylic acids is 1. The monoisotopic (exact) mass is 366 g/mol. The molecule has 0 saturated heterocycles. The number of ether oxygens (including phenoxy) is 1. The number of methoxy groups -OCH3 is 1. The number of hydrogen-bond acceptors (Lipinski definition) is 4. The number of urea groups is 1. The summed E-state index contributed by atoms with van der Waals surface area (Å²) in [6.07, 6.45) is 3.26. The van der Waals surface area contributed by atoms with Crippen LogP contribution in [-0.2, 0) is 17.8 Å². The van der Waals surface area contributed by atoms with Crippen molar-refractivity contribution in [1.82, 2.24) is 20.2 Å². The van der Waals surface area contributed by atoms with E-state index in [0.717, 1.165) is 5.69 Å². The van der Waals surface area contributed by atoms with Gasteiger partial charge in [0.15, 0.2) is 0 Å². The number of aromatic nitrogens is 2. The molecule has 25 heavy (non-hydrogen) atoms. The molecule has 1 aromatic heterocycles. The van der Waals surface area contributed by atoms with E-state index in [4.69, 9.17) is 16.3 Å². The lowest BCUT2D eigenvalue weighted by Gasteiger charge is -2.23. The second kappa shape index (κ2) is 9.29. The van der Waals surface area contributed by atoms with Crippen LogP contribution in [-0.4, -0.2) is 41.2 Å². The molecule has 8 heteroatoms. The summed E-state index contributed by atoms with van der Waals surface area (Å²) < 4.78 is 18.2. The second-order valence-corrected chi connectivity index (χ2v) is 5.87. The van der Waals surface area contributed by atoms with Gasteiger partial charge in [-0.1, -0.05) is 17.7 Å². The fraction of sp³-hybridized carbons (Fsp3) is 0.353. The van der Waals surface area contributed by atoms with Gasteiger partial charge in [0.2, 0.25) is 0 Å². The van der Waals surface area contributed by atoms with Crippen LogP contribution < -0.4 is 5.32 Å². The van der Waals surface area contributed by atoms with Gasteiger partial charge in [0.25, 0.3) is 0 Å². The number of aryl methyl sites for hydroxylation is 1. The molecule has 0 aliphatic carbocycles. The molecule has 1 heterocycles. The Morgan fingerprint density at radius 3 is 2.80 bits per heavy atom. The third kappa shape index (κ3) is 5.95. The summed E-state index contributed by atoms with van der Waals surface area (Å²) in [5, 5.41) is 3.07. The molecule has 0 spiro atoms. The van der Waals surface area contributed by atoms with Crippen molar-refractivity contribution in [2.75, 3.05) is 20.3 Å². The molecule has 0 bridgehead atoms. The molecule has 134 valence electrons. The van der Waals surface area contributed by atoms with E-state index >= 15 is 0 Å². The Bertz CT molecular complexity index is 712. The number of carbonyl (C=O) groups is 1. The molecule has 1 aromatic carbocycles. The number of rotatable bonds is 7. The molecule has 0 unspecified atom stereocenters. The minimum atomic E-state index is -0.417. The number of nitrogens with zero attached hydrogens (tertiary/aromatic N) is 3. The highest BCUT2D eigenvalue weighted by atomic mass is 35.5. The number of benzene rings is 1. The third-order valence-electron chi connectivity index (χ3n) is 3.48. The van der Waals surface area contributed by atoms with Crippen LogP contribution in [0.3, 0.4) is 0 Å². The molecule has 2 aromatic rings. The standard InChI is InChI=1S/C17H20ClFN4O2/c1-12-8-21-15(9-20-12)10-22-17(24)23(5-6-25-2)11-13-3-4-14(19)7-16(13)18/h3-4,7-9H,5-6,10-11H2,1-2H3,(H,22,24). The summed E-state index contributed by atoms with van der Waals surface area (Å²) >= 11 is 6.05. The normalized spacial score (nSPS) is 10.6. The quantitative estimate of drug-likeness (QED) is 0.818. The fourth-order valence-electron chi connectivity index (χ4n) is 2.10. The van der Waals surface area contributed by atoms with Crippen LogP contribution in [0, 0.1) is 12.7 Å². The number of nitrogens with one attached hydrogen (secondary N) is 1. The summed E-state index contributed by atoms with van der Waals surface area (Å²) in [4.78, 5) is 22.3. The van der Waals surface area contributed by atoms with Crippen molar-refractivity contribution in [1.29, 1.82) is 0 Å². The smallest absolute Gasteiger partial charge is 0.318 e. The van der Waals surface area contributed by atoms with Gasteiger partial charge in [-0.25, -0.2) is 9.18 Å². The fourth-order valence-corrected chi connectivity index (χ4v) is 2.32. The first-order valence-electron chi connectivity index (χ1n) is 7.72. The van der Waals surface area contributed by atoms with Crippen LogP contribution in [0.1, 0.15) is 17.0 Å². The Morgan fingerprint density at radius 1 is 1.36 bits per heavy atom. The van der Waals surface area contributed by atoms with E-state index in [1.54, 1.807) is 30.5 Å². The zero-order valence-corrected chi connectivity index (χ0v) is 14.9. The van der Waals surface area contributed by atoms with E-state index in [0.29, 0.717) is 24.4 Å². The maximum Gasteiger partial charge on any atom is 0.318 e. The summed E-state index contributed by atoms with van der Waals surface area (Å²) in [7, 11) is 1.56. The van der Waals surface area contributed by atoms with Crippen LogP contribution in [0.15, 0.2) is 30.6 Å². The van der Waals surface area contributed by atoms with E-state index in [-0.39, 0.29) is 24.1 Å². The maximum atomic E-state index is 13.2. The van der Waals surface area contributed by atoms with Gasteiger partial charge in [0, 0.05) is 31.4 Å². The second-order valence-electron chi connectivity index (χ2n) is 5.46. The Morgan fingerprint density at radius 2 is 2.16 bits per heavy atom. The Balaban J connectivity index is 2.01. The molecular weight excluding hydrogens is 347 g/mol. The minimum Gasteiger partial charge on any atom is -0.383 e. The number of amides is 2. The summed E-state index contributed by atoms with van der Waals surface area (Å²) in [5.74, 6) is -0.417. The molecule has 2 amide bonds. The molecule has 0 aliphatic rings. The van der Waals surface area contributed by atoms with Crippen molar-refractivity contribution in [3.8, 4) is 0 Å². The molecule has 6 nitrogen and oxygen atoms in total. The Kier molecular flexibility index (Phi) is 7.09. The molecule has 0 fully saturated rings. The van der Waals surface area contributed by atoms with E-state index in [2.05, 4.69) is 15.3 Å². The number of hydrogen-bond donors (Lipinski definition) is 1. The van der Waals surface area contributed by atoms with E-state index in [9.17, 15) is 9.18 Å². The van der Waals surface area contributed by atoms with E-state index < -0.39 is 5.82 Å². The molecule has 0 saturated carbocycles. The minimum absolute atomic E-state index is 0.244. The summed E-state index contributed by atoms with van der Waals surface area (Å²) in [6.45, 7) is 3.08. The van der Waals surface area contributed by atoms with Crippen molar-refractivity contribution in [3.63, 3.8) is 0 Å². The molecular formula is C17H20ClFN4O2. The highest BCUT2D eigenvalue weighted by Crippen LogP contribution is 2.19. The largest absolute Gasteiger partial charge is 0.383 e. The van der Waals surface area contributed by atoms with Crippen molar-refractivity contribution < 1.29 is 13.9 Å². The van der Waals surface area contributed by atoms with Gasteiger partial charge >= 0.3 is 6.03 Å². The topological polar surface area (TPSA) is 67.3 Å². The van der Waals surface area contributed by atoms with Gasteiger partial charge in [0.1, 0.15) is 5.82 Å². The zero-order valence-electron chi connectivity index (χ0n) is 14.1. The van der Waals surface area contributed by atoms with Gasteiger partial charge in [-0.05, 0) is 24.6 Å². The van der Waals surface area contributed by atoms with Crippen LogP contribution >= 0.6 is 11.6 Å². The summed E-state index contributed by atoms with van der Waals surface area (Å²) in [5.41, 5.74) is 2.12. The van der Waals surface area contributed by atoms with Crippen molar-refractivity contribution in [2.24, 2.45) is 0 Å². The Hall–Kier alpha value is -2.25. The zero-order chi connectivity index (χ0) is 18.2. The van der Waals surface area contributed by atoms with E-state index in [1.807, 2.05) is 6.92 Å². The lowest BCUT2D eigenvalue weighted by atomic mass is 10.2. The third-order valence-corrected chi connectivity index (χ3v) is 3.84. The molecule has 0 radical (unpaired) electrons. The SMILES string of the molecule is COCCN(Cc1ccc(F)cc1Cl)C(=O)NCc1cnc(C)cn1. The van der Waals surface area contributed by atoms with Crippen LogP contribution in [0.2, 0.25) is 5.02 Å². The van der Waals surface area contributed by atoms with Crippen molar-refractivity contribution in [2.45, 2.75) is 20.0 Å².